The summed E-state index contributed by atoms with van der Waals surface area (Å²) in [7, 11) is -2.73. The number of benzene rings is 4. The first-order valence-corrected chi connectivity index (χ1v) is 23.0. The molecule has 4 aromatic carbocycles. The van der Waals surface area contributed by atoms with Crippen LogP contribution in [0.3, 0.4) is 0 Å². The molecule has 0 atom stereocenters. The van der Waals surface area contributed by atoms with Crippen LogP contribution in [0.4, 0.5) is 0 Å². The van der Waals surface area contributed by atoms with Gasteiger partial charge in [-0.3, -0.25) is 0 Å². The summed E-state index contributed by atoms with van der Waals surface area (Å²) in [6.07, 6.45) is 5.10. The van der Waals surface area contributed by atoms with E-state index < -0.39 is 16.1 Å². The molecule has 0 amide bonds. The van der Waals surface area contributed by atoms with Crippen molar-refractivity contribution in [3.63, 3.8) is 0 Å². The van der Waals surface area contributed by atoms with Crippen LogP contribution in [0.1, 0.15) is 16.7 Å². The quantitative estimate of drug-likeness (QED) is 0.118. The number of aromatic nitrogens is 2. The Morgan fingerprint density at radius 2 is 1.28 bits per heavy atom. The van der Waals surface area contributed by atoms with E-state index in [0.29, 0.717) is 0 Å². The van der Waals surface area contributed by atoms with Crippen molar-refractivity contribution >= 4 is 26.5 Å². The van der Waals surface area contributed by atoms with Crippen LogP contribution < -0.4 is 10.4 Å². The van der Waals surface area contributed by atoms with Gasteiger partial charge in [-0.25, -0.2) is 0 Å². The zero-order valence-corrected chi connectivity index (χ0v) is 33.0. The number of pyridine rings is 2. The van der Waals surface area contributed by atoms with Gasteiger partial charge in [0, 0.05) is 32.5 Å². The number of hydrogen-bond acceptors (Lipinski definition) is 2. The van der Waals surface area contributed by atoms with E-state index in [1.807, 2.05) is 24.4 Å². The number of aryl methyl sites for hydroxylation is 1. The zero-order valence-electron chi connectivity index (χ0n) is 28.6. The Bertz CT molecular complexity index is 1860. The van der Waals surface area contributed by atoms with E-state index in [4.69, 9.17) is 4.98 Å². The fourth-order valence-electron chi connectivity index (χ4n) is 5.37. The molecule has 47 heavy (non-hydrogen) atoms. The third-order valence-corrected chi connectivity index (χ3v) is 12.2. The molecule has 6 rings (SSSR count). The summed E-state index contributed by atoms with van der Waals surface area (Å²) in [4.78, 5) is 9.40. The van der Waals surface area contributed by atoms with Crippen LogP contribution in [0.2, 0.25) is 39.3 Å². The van der Waals surface area contributed by atoms with Crippen molar-refractivity contribution in [2.24, 2.45) is 0 Å². The summed E-state index contributed by atoms with van der Waals surface area (Å²) in [6, 6.07) is 46.9. The predicted octanol–water partition coefficient (Wildman–Crippen LogP) is 9.75. The number of nitrogens with zero attached hydrogens (tertiary/aromatic N) is 2. The van der Waals surface area contributed by atoms with E-state index >= 15 is 0 Å². The van der Waals surface area contributed by atoms with Gasteiger partial charge in [0.25, 0.3) is 0 Å². The van der Waals surface area contributed by atoms with Crippen molar-refractivity contribution in [2.45, 2.75) is 52.6 Å². The van der Waals surface area contributed by atoms with Crippen molar-refractivity contribution in [2.75, 3.05) is 0 Å². The van der Waals surface area contributed by atoms with Gasteiger partial charge in [-0.1, -0.05) is 131 Å². The molecule has 0 fully saturated rings. The molecule has 5 heteroatoms. The maximum atomic E-state index is 4.75. The molecule has 2 aromatic heterocycles. The minimum atomic E-state index is -1.44. The molecule has 241 valence electrons. The van der Waals surface area contributed by atoms with Crippen LogP contribution in [0.5, 0.6) is 0 Å². The summed E-state index contributed by atoms with van der Waals surface area (Å²) in [5, 5.41) is 2.83. The standard InChI is InChI=1S/C22H24NSi.C20H20NSi.Ir/c1-17-10-12-19(13-11-17)21-15-20(14-18-8-6-5-7-9-18)22(16-23-21)24(2,3)4;1-22(2,3)19-12-13-20(21-15-19)18-11-7-10-17(14-18)16-8-5-4-6-9-16;/h5-12,15-16H,14H2,1-4H3;4-10,12-15H,1-3H3;/q2*-1;. The average molecular weight is 825 g/mol. The molecule has 0 bridgehead atoms. The molecule has 6 aromatic rings. The largest absolute Gasteiger partial charge is 0.305 e. The molecule has 1 radical (unpaired) electrons. The van der Waals surface area contributed by atoms with Gasteiger partial charge in [-0.15, -0.1) is 70.8 Å². The van der Waals surface area contributed by atoms with Crippen molar-refractivity contribution < 1.29 is 20.1 Å². The second-order valence-corrected chi connectivity index (χ2v) is 24.1. The summed E-state index contributed by atoms with van der Waals surface area (Å²) >= 11 is 0. The van der Waals surface area contributed by atoms with Crippen LogP contribution in [-0.2, 0) is 26.5 Å². The van der Waals surface area contributed by atoms with Gasteiger partial charge in [-0.05, 0) is 39.3 Å². The van der Waals surface area contributed by atoms with Gasteiger partial charge in [0.05, 0.1) is 16.1 Å². The van der Waals surface area contributed by atoms with Gasteiger partial charge < -0.3 is 9.97 Å². The Morgan fingerprint density at radius 3 is 1.87 bits per heavy atom. The Labute approximate surface area is 297 Å². The van der Waals surface area contributed by atoms with Gasteiger partial charge in [-0.2, -0.15) is 0 Å². The van der Waals surface area contributed by atoms with Gasteiger partial charge in [0.2, 0.25) is 0 Å². The van der Waals surface area contributed by atoms with Gasteiger partial charge >= 0.3 is 0 Å². The first-order chi connectivity index (χ1) is 22.0. The van der Waals surface area contributed by atoms with Gasteiger partial charge in [0.15, 0.2) is 0 Å². The molecule has 2 nitrogen and oxygen atoms in total. The summed E-state index contributed by atoms with van der Waals surface area (Å²) < 4.78 is 0. The number of rotatable bonds is 7. The van der Waals surface area contributed by atoms with E-state index in [0.717, 1.165) is 28.9 Å². The first-order valence-electron chi connectivity index (χ1n) is 16.0. The monoisotopic (exact) mass is 825 g/mol. The van der Waals surface area contributed by atoms with Gasteiger partial charge in [0.1, 0.15) is 0 Å². The zero-order chi connectivity index (χ0) is 32.7. The van der Waals surface area contributed by atoms with E-state index in [1.165, 1.54) is 38.2 Å². The van der Waals surface area contributed by atoms with Crippen molar-refractivity contribution in [1.82, 2.24) is 9.97 Å². The molecule has 0 aliphatic rings. The summed E-state index contributed by atoms with van der Waals surface area (Å²) in [5.74, 6) is 0. The van der Waals surface area contributed by atoms with Crippen LogP contribution in [0, 0.1) is 19.1 Å². The molecule has 0 saturated carbocycles. The number of hydrogen-bond donors (Lipinski definition) is 0. The molecule has 0 saturated heterocycles. The van der Waals surface area contributed by atoms with Crippen LogP contribution in [-0.4, -0.2) is 26.1 Å². The Hall–Kier alpha value is -3.74. The minimum absolute atomic E-state index is 0. The second-order valence-electron chi connectivity index (χ2n) is 14.0. The Morgan fingerprint density at radius 1 is 0.596 bits per heavy atom. The third kappa shape index (κ3) is 9.88. The van der Waals surface area contributed by atoms with Crippen molar-refractivity contribution in [1.29, 1.82) is 0 Å². The molecule has 2 heterocycles. The minimum Gasteiger partial charge on any atom is -0.305 e. The van der Waals surface area contributed by atoms with Crippen molar-refractivity contribution in [3.05, 3.63) is 156 Å². The maximum Gasteiger partial charge on any atom is 0.0799 e. The first kappa shape index (κ1) is 36.1. The van der Waals surface area contributed by atoms with E-state index in [2.05, 4.69) is 167 Å². The van der Waals surface area contributed by atoms with Crippen molar-refractivity contribution in [3.8, 4) is 33.6 Å². The van der Waals surface area contributed by atoms with Crippen LogP contribution >= 0.6 is 0 Å². The average Bonchev–Trinajstić information content (AvgIpc) is 3.05. The fourth-order valence-corrected chi connectivity index (χ4v) is 7.98. The molecule has 0 aliphatic heterocycles. The second kappa shape index (κ2) is 15.9. The Kier molecular flexibility index (Phi) is 12.2. The SMILES string of the molecule is C[Si](C)(C)c1ccc(-c2[c-]ccc(-c3ccccc3)c2)nc1.Cc1c[c-]c(-c2cc(Cc3ccccc3)c([Si](C)(C)C)cn2)cc1.[Ir]. The van der Waals surface area contributed by atoms with Crippen LogP contribution in [0.15, 0.2) is 128 Å². The molecular formula is C42H44IrN2Si2-2. The summed E-state index contributed by atoms with van der Waals surface area (Å²) in [6.45, 7) is 16.3. The Balaban J connectivity index is 0.000000209. The molecule has 0 spiro atoms. The smallest absolute Gasteiger partial charge is 0.0799 e. The third-order valence-electron chi connectivity index (χ3n) is 8.09. The maximum absolute atomic E-state index is 4.75. The normalized spacial score (nSPS) is 11.2. The van der Waals surface area contributed by atoms with E-state index in [-0.39, 0.29) is 20.1 Å². The molecule has 0 N–H and O–H groups in total. The molecule has 0 unspecified atom stereocenters. The fraction of sp³-hybridized carbons (Fsp3) is 0.190. The van der Waals surface area contributed by atoms with E-state index in [9.17, 15) is 0 Å². The molecular weight excluding hydrogens is 781 g/mol. The van der Waals surface area contributed by atoms with E-state index in [1.54, 1.807) is 0 Å². The predicted molar refractivity (Wildman–Crippen MR) is 202 cm³/mol. The molecule has 0 aliphatic carbocycles. The summed E-state index contributed by atoms with van der Waals surface area (Å²) in [5.41, 5.74) is 10.5. The van der Waals surface area contributed by atoms with Crippen LogP contribution in [0.25, 0.3) is 33.6 Å². The topological polar surface area (TPSA) is 25.8 Å².